The Morgan fingerprint density at radius 1 is 1.43 bits per heavy atom. The van der Waals surface area contributed by atoms with Gasteiger partial charge in [-0.3, -0.25) is 10.1 Å². The molecule has 1 aromatic heterocycles. The molecule has 158 valence electrons. The monoisotopic (exact) mass is 431 g/mol. The van der Waals surface area contributed by atoms with Crippen molar-refractivity contribution < 1.29 is 19.6 Å². The summed E-state index contributed by atoms with van der Waals surface area (Å²) in [6, 6.07) is 5.59. The van der Waals surface area contributed by atoms with Gasteiger partial charge < -0.3 is 15.2 Å². The number of hydrogen-bond donors (Lipinski definition) is 2. The van der Waals surface area contributed by atoms with Crippen molar-refractivity contribution in [2.45, 2.75) is 38.4 Å². The molecule has 0 saturated carbocycles. The molecule has 2 rings (SSSR count). The molecule has 0 spiro atoms. The Balaban J connectivity index is 2.59. The number of hydrogen-bond acceptors (Lipinski definition) is 9. The molecule has 0 saturated heterocycles. The first-order valence-corrected chi connectivity index (χ1v) is 10.2. The number of thioether (sulfide) groups is 1. The summed E-state index contributed by atoms with van der Waals surface area (Å²) in [7, 11) is 0. The summed E-state index contributed by atoms with van der Waals surface area (Å²) in [5.74, 6) is -1.85. The number of nitriles is 1. The molecule has 30 heavy (non-hydrogen) atoms. The third-order valence-corrected chi connectivity index (χ3v) is 4.91. The average molecular weight is 431 g/mol. The maximum absolute atomic E-state index is 11.8. The summed E-state index contributed by atoms with van der Waals surface area (Å²) in [4.78, 5) is 31.0. The van der Waals surface area contributed by atoms with Crippen LogP contribution in [0.1, 0.15) is 31.4 Å². The van der Waals surface area contributed by atoms with E-state index in [0.717, 1.165) is 17.3 Å². The van der Waals surface area contributed by atoms with Crippen molar-refractivity contribution >= 4 is 29.2 Å². The molecule has 0 bridgehead atoms. The molecule has 1 heterocycles. The molecule has 2 atom stereocenters. The van der Waals surface area contributed by atoms with Gasteiger partial charge in [0.15, 0.2) is 5.16 Å². The Bertz CT molecular complexity index is 1010. The van der Waals surface area contributed by atoms with E-state index in [1.54, 1.807) is 32.2 Å². The van der Waals surface area contributed by atoms with Crippen LogP contribution in [0.3, 0.4) is 0 Å². The molecule has 0 radical (unpaired) electrons. The van der Waals surface area contributed by atoms with Gasteiger partial charge in [-0.1, -0.05) is 32.0 Å². The normalized spacial score (nSPS) is 12.5. The van der Waals surface area contributed by atoms with Crippen LogP contribution >= 0.6 is 11.8 Å². The first kappa shape index (κ1) is 22.9. The fourth-order valence-electron chi connectivity index (χ4n) is 2.66. The molecule has 0 aliphatic rings. The Morgan fingerprint density at radius 3 is 2.67 bits per heavy atom. The van der Waals surface area contributed by atoms with Crippen molar-refractivity contribution in [2.24, 2.45) is 5.92 Å². The summed E-state index contributed by atoms with van der Waals surface area (Å²) >= 11 is 1.12. The van der Waals surface area contributed by atoms with Gasteiger partial charge in [-0.2, -0.15) is 15.2 Å². The largest absolute Gasteiger partial charge is 0.480 e. The zero-order valence-corrected chi connectivity index (χ0v) is 17.7. The summed E-state index contributed by atoms with van der Waals surface area (Å²) < 4.78 is 5.66. The van der Waals surface area contributed by atoms with Gasteiger partial charge in [0, 0.05) is 0 Å². The lowest BCUT2D eigenvalue weighted by atomic mass is 9.99. The van der Waals surface area contributed by atoms with E-state index >= 15 is 0 Å². The van der Waals surface area contributed by atoms with E-state index in [9.17, 15) is 20.0 Å². The van der Waals surface area contributed by atoms with Crippen molar-refractivity contribution in [1.29, 1.82) is 5.26 Å². The second kappa shape index (κ2) is 9.89. The van der Waals surface area contributed by atoms with Gasteiger partial charge in [-0.05, 0) is 42.9 Å². The van der Waals surface area contributed by atoms with Crippen LogP contribution < -0.4 is 10.1 Å². The molecule has 2 unspecified atom stereocenters. The van der Waals surface area contributed by atoms with Crippen LogP contribution in [0, 0.1) is 34.3 Å². The molecule has 0 aliphatic heterocycles. The third kappa shape index (κ3) is 5.36. The number of aliphatic carboxylic acids is 1. The van der Waals surface area contributed by atoms with E-state index < -0.39 is 22.6 Å². The highest BCUT2D eigenvalue weighted by Crippen LogP contribution is 2.37. The summed E-state index contributed by atoms with van der Waals surface area (Å²) in [6.45, 7) is 5.30. The molecule has 0 amide bonds. The number of anilines is 1. The Kier molecular flexibility index (Phi) is 7.54. The highest BCUT2D eigenvalue weighted by molar-refractivity contribution is 7.98. The van der Waals surface area contributed by atoms with Gasteiger partial charge in [0.1, 0.15) is 11.8 Å². The van der Waals surface area contributed by atoms with Crippen LogP contribution in [-0.4, -0.2) is 38.3 Å². The lowest BCUT2D eigenvalue weighted by Crippen LogP contribution is -2.36. The summed E-state index contributed by atoms with van der Waals surface area (Å²) in [5, 5.41) is 33.3. The maximum atomic E-state index is 11.8. The second-order valence-corrected chi connectivity index (χ2v) is 7.34. The van der Waals surface area contributed by atoms with Gasteiger partial charge in [0.25, 0.3) is 0 Å². The summed E-state index contributed by atoms with van der Waals surface area (Å²) in [5.41, 5.74) is 0.474. The Labute approximate surface area is 177 Å². The first-order chi connectivity index (χ1) is 14.2. The number of carbonyl (C=O) groups is 1. The molecular weight excluding hydrogens is 410 g/mol. The highest BCUT2D eigenvalue weighted by Gasteiger charge is 2.32. The van der Waals surface area contributed by atoms with Crippen molar-refractivity contribution in [3.63, 3.8) is 0 Å². The molecule has 2 N–H and O–H groups in total. The number of benzene rings is 1. The Hall–Kier alpha value is -3.39. The summed E-state index contributed by atoms with van der Waals surface area (Å²) in [6.07, 6.45) is 2.22. The van der Waals surface area contributed by atoms with Crippen LogP contribution in [0.2, 0.25) is 0 Å². The van der Waals surface area contributed by atoms with Gasteiger partial charge in [-0.25, -0.2) is 4.79 Å². The first-order valence-electron chi connectivity index (χ1n) is 8.99. The maximum Gasteiger partial charge on any atom is 0.373 e. The SMILES string of the molecule is CCC(C)C(Nc1nc(SC)nc(Oc2cc(C)cc(C#N)c2)c1[N+](=O)[O-])C(=O)O. The molecule has 11 heteroatoms. The van der Waals surface area contributed by atoms with E-state index in [-0.39, 0.29) is 28.5 Å². The number of carboxylic acid groups (broad SMARTS) is 1. The predicted molar refractivity (Wildman–Crippen MR) is 111 cm³/mol. The number of carboxylic acids is 1. The number of aromatic nitrogens is 2. The fraction of sp³-hybridized carbons (Fsp3) is 0.368. The molecule has 0 fully saturated rings. The van der Waals surface area contributed by atoms with Gasteiger partial charge in [0.05, 0.1) is 16.6 Å². The number of ether oxygens (including phenoxy) is 1. The molecular formula is C19H21N5O5S. The van der Waals surface area contributed by atoms with Crippen LogP contribution in [0.25, 0.3) is 0 Å². The smallest absolute Gasteiger partial charge is 0.373 e. The lowest BCUT2D eigenvalue weighted by molar-refractivity contribution is -0.385. The van der Waals surface area contributed by atoms with Crippen molar-refractivity contribution in [3.8, 4) is 17.7 Å². The van der Waals surface area contributed by atoms with Crippen LogP contribution in [0.5, 0.6) is 11.6 Å². The van der Waals surface area contributed by atoms with Crippen LogP contribution in [-0.2, 0) is 4.79 Å². The number of aryl methyl sites for hydroxylation is 1. The zero-order valence-electron chi connectivity index (χ0n) is 16.9. The molecule has 1 aromatic carbocycles. The van der Waals surface area contributed by atoms with Crippen LogP contribution in [0.15, 0.2) is 23.4 Å². The molecule has 2 aromatic rings. The number of nitrogens with zero attached hydrogens (tertiary/aromatic N) is 4. The number of rotatable bonds is 9. The van der Waals surface area contributed by atoms with Gasteiger partial charge in [-0.15, -0.1) is 0 Å². The van der Waals surface area contributed by atoms with E-state index in [0.29, 0.717) is 12.0 Å². The standard InChI is InChI=1S/C19H21N5O5S/c1-5-11(3)14(18(25)26)21-16-15(24(27)28)17(23-19(22-16)30-4)29-13-7-10(2)6-12(8-13)9-20/h6-8,11,14H,5H2,1-4H3,(H,25,26)(H,21,22,23). The average Bonchev–Trinajstić information content (AvgIpc) is 2.69. The van der Waals surface area contributed by atoms with E-state index in [4.69, 9.17) is 10.00 Å². The van der Waals surface area contributed by atoms with Gasteiger partial charge >= 0.3 is 17.5 Å². The molecule has 10 nitrogen and oxygen atoms in total. The van der Waals surface area contributed by atoms with E-state index in [2.05, 4.69) is 15.3 Å². The molecule has 0 aliphatic carbocycles. The van der Waals surface area contributed by atoms with E-state index in [1.807, 2.05) is 13.0 Å². The van der Waals surface area contributed by atoms with Crippen molar-refractivity contribution in [2.75, 3.05) is 11.6 Å². The van der Waals surface area contributed by atoms with Gasteiger partial charge in [0.2, 0.25) is 5.82 Å². The van der Waals surface area contributed by atoms with Crippen molar-refractivity contribution in [1.82, 2.24) is 9.97 Å². The van der Waals surface area contributed by atoms with Crippen LogP contribution in [0.4, 0.5) is 11.5 Å². The zero-order chi connectivity index (χ0) is 22.4. The Morgan fingerprint density at radius 2 is 2.13 bits per heavy atom. The fourth-order valence-corrected chi connectivity index (χ4v) is 3.01. The second-order valence-electron chi connectivity index (χ2n) is 6.56. The minimum absolute atomic E-state index is 0.166. The minimum atomic E-state index is -1.15. The lowest BCUT2D eigenvalue weighted by Gasteiger charge is -2.21. The quantitative estimate of drug-likeness (QED) is 0.258. The predicted octanol–water partition coefficient (Wildman–Crippen LogP) is 3.99. The van der Waals surface area contributed by atoms with E-state index in [1.165, 1.54) is 6.07 Å². The topological polar surface area (TPSA) is 151 Å². The highest BCUT2D eigenvalue weighted by atomic mass is 32.2. The third-order valence-electron chi connectivity index (χ3n) is 4.36. The minimum Gasteiger partial charge on any atom is -0.480 e. The number of nitro groups is 1. The van der Waals surface area contributed by atoms with Crippen molar-refractivity contribution in [3.05, 3.63) is 39.4 Å². The number of nitrogens with one attached hydrogen (secondary N) is 1.